The monoisotopic (exact) mass is 251 g/mol. The molecule has 1 aliphatic carbocycles. The van der Waals surface area contributed by atoms with E-state index in [1.165, 1.54) is 5.57 Å². The molecule has 0 saturated heterocycles. The lowest BCUT2D eigenvalue weighted by Gasteiger charge is -1.89. The average molecular weight is 251 g/mol. The Morgan fingerprint density at radius 1 is 1.11 bits per heavy atom. The largest absolute Gasteiger partial charge is 0.361 e. The van der Waals surface area contributed by atoms with Crippen LogP contribution in [0.15, 0.2) is 35.3 Å². The van der Waals surface area contributed by atoms with Crippen molar-refractivity contribution < 1.29 is 0 Å². The Kier molecular flexibility index (Phi) is 2.06. The molecule has 3 N–H and O–H groups in total. The average Bonchev–Trinajstić information content (AvgIpc) is 3.10. The van der Waals surface area contributed by atoms with Gasteiger partial charge in [-0.05, 0) is 30.6 Å². The molecule has 4 nitrogen and oxygen atoms in total. The van der Waals surface area contributed by atoms with Gasteiger partial charge in [-0.25, -0.2) is 0 Å². The second kappa shape index (κ2) is 3.75. The van der Waals surface area contributed by atoms with Gasteiger partial charge in [0.25, 0.3) is 5.56 Å². The maximum atomic E-state index is 11.9. The van der Waals surface area contributed by atoms with Gasteiger partial charge in [0.1, 0.15) is 0 Å². The van der Waals surface area contributed by atoms with E-state index in [4.69, 9.17) is 0 Å². The van der Waals surface area contributed by atoms with E-state index in [-0.39, 0.29) is 5.56 Å². The Bertz CT molecular complexity index is 934. The van der Waals surface area contributed by atoms with E-state index in [2.05, 4.69) is 21.2 Å². The minimum atomic E-state index is -0.0559. The van der Waals surface area contributed by atoms with Gasteiger partial charge in [-0.3, -0.25) is 15.0 Å². The fourth-order valence-corrected chi connectivity index (χ4v) is 2.47. The van der Waals surface area contributed by atoms with Crippen molar-refractivity contribution in [1.82, 2.24) is 15.2 Å². The van der Waals surface area contributed by atoms with Crippen LogP contribution in [0, 0.1) is 0 Å². The van der Waals surface area contributed by atoms with E-state index < -0.39 is 0 Å². The SMILES string of the molecule is O=c1[nH][nH]c(=C2CC2)c1=Cc1c[nH]c2ccccc12. The minimum absolute atomic E-state index is 0.0559. The van der Waals surface area contributed by atoms with E-state index in [0.717, 1.165) is 39.9 Å². The summed E-state index contributed by atoms with van der Waals surface area (Å²) in [7, 11) is 0. The lowest BCUT2D eigenvalue weighted by molar-refractivity contribution is 1.03. The van der Waals surface area contributed by atoms with Gasteiger partial charge in [-0.2, -0.15) is 0 Å². The molecule has 0 atom stereocenters. The Hall–Kier alpha value is -2.49. The number of aromatic amines is 3. The molecule has 2 aromatic heterocycles. The number of rotatable bonds is 1. The van der Waals surface area contributed by atoms with Crippen molar-refractivity contribution in [3.05, 3.63) is 56.9 Å². The Morgan fingerprint density at radius 3 is 2.79 bits per heavy atom. The molecular weight excluding hydrogens is 238 g/mol. The van der Waals surface area contributed by atoms with Gasteiger partial charge in [0, 0.05) is 22.7 Å². The first kappa shape index (κ1) is 10.4. The molecular formula is C15H13N3O. The van der Waals surface area contributed by atoms with Gasteiger partial charge in [-0.1, -0.05) is 18.2 Å². The zero-order chi connectivity index (χ0) is 12.8. The quantitative estimate of drug-likeness (QED) is 0.592. The lowest BCUT2D eigenvalue weighted by atomic mass is 10.1. The Morgan fingerprint density at radius 2 is 1.95 bits per heavy atom. The third-order valence-corrected chi connectivity index (χ3v) is 3.59. The van der Waals surface area contributed by atoms with Crippen LogP contribution in [0.2, 0.25) is 0 Å². The molecule has 4 rings (SSSR count). The topological polar surface area (TPSA) is 64.4 Å². The van der Waals surface area contributed by atoms with E-state index in [1.54, 1.807) is 0 Å². The number of benzene rings is 1. The van der Waals surface area contributed by atoms with Crippen LogP contribution < -0.4 is 16.1 Å². The van der Waals surface area contributed by atoms with E-state index in [9.17, 15) is 4.79 Å². The van der Waals surface area contributed by atoms with Crippen molar-refractivity contribution >= 4 is 22.6 Å². The van der Waals surface area contributed by atoms with Crippen LogP contribution in [0.4, 0.5) is 0 Å². The van der Waals surface area contributed by atoms with Gasteiger partial charge in [0.05, 0.1) is 10.6 Å². The Balaban J connectivity index is 2.06. The first-order valence-electron chi connectivity index (χ1n) is 6.39. The molecule has 19 heavy (non-hydrogen) atoms. The fourth-order valence-electron chi connectivity index (χ4n) is 2.47. The molecule has 1 aliphatic rings. The van der Waals surface area contributed by atoms with Crippen LogP contribution >= 0.6 is 0 Å². The summed E-state index contributed by atoms with van der Waals surface area (Å²) in [5.74, 6) is 0. The summed E-state index contributed by atoms with van der Waals surface area (Å²) in [6, 6.07) is 8.09. The van der Waals surface area contributed by atoms with E-state index >= 15 is 0 Å². The van der Waals surface area contributed by atoms with Crippen molar-refractivity contribution in [1.29, 1.82) is 0 Å². The molecule has 2 heterocycles. The van der Waals surface area contributed by atoms with Crippen molar-refractivity contribution in [2.75, 3.05) is 0 Å². The highest BCUT2D eigenvalue weighted by Gasteiger charge is 2.14. The second-order valence-electron chi connectivity index (χ2n) is 4.91. The van der Waals surface area contributed by atoms with Crippen LogP contribution in [-0.2, 0) is 0 Å². The van der Waals surface area contributed by atoms with E-state index in [1.807, 2.05) is 30.5 Å². The molecule has 1 fully saturated rings. The van der Waals surface area contributed by atoms with Gasteiger partial charge < -0.3 is 4.98 Å². The number of hydrogen-bond donors (Lipinski definition) is 3. The first-order chi connectivity index (χ1) is 9.33. The zero-order valence-electron chi connectivity index (χ0n) is 10.3. The summed E-state index contributed by atoms with van der Waals surface area (Å²) >= 11 is 0. The molecule has 0 radical (unpaired) electrons. The predicted molar refractivity (Wildman–Crippen MR) is 75.2 cm³/mol. The van der Waals surface area contributed by atoms with Crippen LogP contribution in [0.25, 0.3) is 22.6 Å². The van der Waals surface area contributed by atoms with Crippen LogP contribution in [-0.4, -0.2) is 15.2 Å². The zero-order valence-corrected chi connectivity index (χ0v) is 10.3. The van der Waals surface area contributed by atoms with Crippen molar-refractivity contribution in [2.45, 2.75) is 12.8 Å². The number of fused-ring (bicyclic) bond motifs is 1. The number of nitrogens with one attached hydrogen (secondary N) is 3. The number of aromatic nitrogens is 3. The summed E-state index contributed by atoms with van der Waals surface area (Å²) in [5.41, 5.74) is 3.40. The molecule has 0 aliphatic heterocycles. The van der Waals surface area contributed by atoms with E-state index in [0.29, 0.717) is 0 Å². The molecule has 3 aromatic rings. The van der Waals surface area contributed by atoms with Crippen molar-refractivity contribution in [2.24, 2.45) is 0 Å². The molecule has 0 spiro atoms. The summed E-state index contributed by atoms with van der Waals surface area (Å²) in [6.07, 6.45) is 6.07. The van der Waals surface area contributed by atoms with Crippen molar-refractivity contribution in [3.8, 4) is 0 Å². The lowest BCUT2D eigenvalue weighted by Crippen LogP contribution is -2.33. The van der Waals surface area contributed by atoms with Crippen LogP contribution in [0.1, 0.15) is 18.4 Å². The minimum Gasteiger partial charge on any atom is -0.361 e. The third-order valence-electron chi connectivity index (χ3n) is 3.59. The van der Waals surface area contributed by atoms with Gasteiger partial charge in [-0.15, -0.1) is 0 Å². The molecule has 0 unspecified atom stereocenters. The highest BCUT2D eigenvalue weighted by molar-refractivity contribution is 5.88. The van der Waals surface area contributed by atoms with Gasteiger partial charge in [0.15, 0.2) is 0 Å². The molecule has 94 valence electrons. The first-order valence-corrected chi connectivity index (χ1v) is 6.39. The molecule has 0 amide bonds. The number of hydrogen-bond acceptors (Lipinski definition) is 1. The molecule has 0 bridgehead atoms. The van der Waals surface area contributed by atoms with Crippen LogP contribution in [0.5, 0.6) is 0 Å². The van der Waals surface area contributed by atoms with Crippen molar-refractivity contribution in [3.63, 3.8) is 0 Å². The van der Waals surface area contributed by atoms with Gasteiger partial charge >= 0.3 is 0 Å². The smallest absolute Gasteiger partial charge is 0.271 e. The third kappa shape index (κ3) is 1.64. The Labute approximate surface area is 108 Å². The summed E-state index contributed by atoms with van der Waals surface area (Å²) in [6.45, 7) is 0. The second-order valence-corrected chi connectivity index (χ2v) is 4.91. The number of H-pyrrole nitrogens is 3. The molecule has 1 saturated carbocycles. The molecule has 4 heteroatoms. The fraction of sp³-hybridized carbons (Fsp3) is 0.133. The standard InChI is InChI=1S/C15H13N3O/c19-15-12(14(17-18-15)9-5-6-9)7-10-8-16-13-4-2-1-3-11(10)13/h1-4,7-8,16-17H,5-6H2,(H,18,19). The predicted octanol–water partition coefficient (Wildman–Crippen LogP) is 0.958. The van der Waals surface area contributed by atoms with Crippen LogP contribution in [0.3, 0.4) is 0 Å². The number of para-hydroxylation sites is 1. The summed E-state index contributed by atoms with van der Waals surface area (Å²) in [4.78, 5) is 15.1. The van der Waals surface area contributed by atoms with Gasteiger partial charge in [0.2, 0.25) is 0 Å². The highest BCUT2D eigenvalue weighted by atomic mass is 16.1. The summed E-state index contributed by atoms with van der Waals surface area (Å²) < 4.78 is 0. The normalized spacial score (nSPS) is 15.4. The molecule has 1 aromatic carbocycles. The maximum absolute atomic E-state index is 11.9. The maximum Gasteiger partial charge on any atom is 0.271 e. The highest BCUT2D eigenvalue weighted by Crippen LogP contribution is 2.26. The summed E-state index contributed by atoms with van der Waals surface area (Å²) in [5, 5.41) is 8.49.